The monoisotopic (exact) mass is 249 g/mol. The molecule has 0 radical (unpaired) electrons. The van der Waals surface area contributed by atoms with Crippen molar-refractivity contribution >= 4 is 16.7 Å². The van der Waals surface area contributed by atoms with Gasteiger partial charge in [0.25, 0.3) is 0 Å². The molecule has 0 aliphatic carbocycles. The van der Waals surface area contributed by atoms with Crippen molar-refractivity contribution in [1.29, 1.82) is 0 Å². The standard InChI is InChI=1S/C13H19N3O2/c1-8(2)12(6-17)16-11-4-3-9(14)5-10(11)15-13(16)7-18/h3-5,8,12,17-18H,6-7,14H2,1-2H3/t12-/m0/s1. The molecule has 1 aromatic heterocycles. The topological polar surface area (TPSA) is 84.3 Å². The van der Waals surface area contributed by atoms with Crippen LogP contribution in [0.15, 0.2) is 18.2 Å². The third kappa shape index (κ3) is 2.07. The van der Waals surface area contributed by atoms with E-state index in [0.717, 1.165) is 11.0 Å². The molecular formula is C13H19N3O2. The van der Waals surface area contributed by atoms with Crippen molar-refractivity contribution in [3.05, 3.63) is 24.0 Å². The summed E-state index contributed by atoms with van der Waals surface area (Å²) < 4.78 is 1.90. The second-order valence-electron chi connectivity index (χ2n) is 4.80. The minimum Gasteiger partial charge on any atom is -0.399 e. The Morgan fingerprint density at radius 2 is 2.06 bits per heavy atom. The lowest BCUT2D eigenvalue weighted by Crippen LogP contribution is -2.21. The van der Waals surface area contributed by atoms with Crippen LogP contribution in [-0.4, -0.2) is 26.4 Å². The van der Waals surface area contributed by atoms with Gasteiger partial charge in [0.15, 0.2) is 0 Å². The first-order valence-corrected chi connectivity index (χ1v) is 6.06. The van der Waals surface area contributed by atoms with Crippen LogP contribution in [0.3, 0.4) is 0 Å². The number of benzene rings is 1. The van der Waals surface area contributed by atoms with Crippen LogP contribution >= 0.6 is 0 Å². The van der Waals surface area contributed by atoms with E-state index in [9.17, 15) is 10.2 Å². The number of nitrogens with zero attached hydrogens (tertiary/aromatic N) is 2. The fraction of sp³-hybridized carbons (Fsp3) is 0.462. The SMILES string of the molecule is CC(C)[C@H](CO)n1c(CO)nc2cc(N)ccc21. The summed E-state index contributed by atoms with van der Waals surface area (Å²) in [6.07, 6.45) is 0. The zero-order valence-corrected chi connectivity index (χ0v) is 10.7. The first-order chi connectivity index (χ1) is 8.58. The van der Waals surface area contributed by atoms with Gasteiger partial charge in [-0.15, -0.1) is 0 Å². The lowest BCUT2D eigenvalue weighted by molar-refractivity contribution is 0.183. The number of hydrogen-bond donors (Lipinski definition) is 3. The Hall–Kier alpha value is -1.59. The predicted molar refractivity (Wildman–Crippen MR) is 71.0 cm³/mol. The number of fused-ring (bicyclic) bond motifs is 1. The maximum absolute atomic E-state index is 9.55. The summed E-state index contributed by atoms with van der Waals surface area (Å²) in [7, 11) is 0. The lowest BCUT2D eigenvalue weighted by Gasteiger charge is -2.22. The van der Waals surface area contributed by atoms with E-state index in [1.165, 1.54) is 0 Å². The Kier molecular flexibility index (Phi) is 3.54. The molecule has 0 bridgehead atoms. The Morgan fingerprint density at radius 1 is 1.33 bits per heavy atom. The number of anilines is 1. The van der Waals surface area contributed by atoms with Gasteiger partial charge >= 0.3 is 0 Å². The molecule has 5 nitrogen and oxygen atoms in total. The highest BCUT2D eigenvalue weighted by Crippen LogP contribution is 2.27. The van der Waals surface area contributed by atoms with Crippen molar-refractivity contribution in [2.24, 2.45) is 5.92 Å². The third-order valence-corrected chi connectivity index (χ3v) is 3.22. The van der Waals surface area contributed by atoms with E-state index in [4.69, 9.17) is 5.73 Å². The zero-order valence-electron chi connectivity index (χ0n) is 10.7. The summed E-state index contributed by atoms with van der Waals surface area (Å²) in [6.45, 7) is 3.93. The van der Waals surface area contributed by atoms with Gasteiger partial charge in [0, 0.05) is 5.69 Å². The summed E-state index contributed by atoms with van der Waals surface area (Å²) >= 11 is 0. The molecule has 1 aromatic carbocycles. The van der Waals surface area contributed by atoms with Crippen molar-refractivity contribution in [2.75, 3.05) is 12.3 Å². The molecule has 0 saturated heterocycles. The maximum atomic E-state index is 9.55. The molecule has 98 valence electrons. The lowest BCUT2D eigenvalue weighted by atomic mass is 10.0. The van der Waals surface area contributed by atoms with Gasteiger partial charge in [-0.1, -0.05) is 13.8 Å². The van der Waals surface area contributed by atoms with Gasteiger partial charge in [-0.2, -0.15) is 0 Å². The van der Waals surface area contributed by atoms with E-state index in [1.54, 1.807) is 12.1 Å². The highest BCUT2D eigenvalue weighted by atomic mass is 16.3. The van der Waals surface area contributed by atoms with Crippen LogP contribution in [0, 0.1) is 5.92 Å². The molecule has 1 atom stereocenters. The number of nitrogens with two attached hydrogens (primary N) is 1. The zero-order chi connectivity index (χ0) is 13.3. The highest BCUT2D eigenvalue weighted by Gasteiger charge is 2.20. The minimum absolute atomic E-state index is 0.0144. The number of aliphatic hydroxyl groups is 2. The van der Waals surface area contributed by atoms with Crippen molar-refractivity contribution in [1.82, 2.24) is 9.55 Å². The molecule has 5 heteroatoms. The first-order valence-electron chi connectivity index (χ1n) is 6.06. The fourth-order valence-corrected chi connectivity index (χ4v) is 2.24. The smallest absolute Gasteiger partial charge is 0.136 e. The maximum Gasteiger partial charge on any atom is 0.136 e. The van der Waals surface area contributed by atoms with E-state index in [1.807, 2.05) is 24.5 Å². The van der Waals surface area contributed by atoms with Gasteiger partial charge in [-0.3, -0.25) is 0 Å². The Bertz CT molecular complexity index is 548. The van der Waals surface area contributed by atoms with Crippen LogP contribution < -0.4 is 5.73 Å². The average Bonchev–Trinajstić information content (AvgIpc) is 2.67. The average molecular weight is 249 g/mol. The van der Waals surface area contributed by atoms with Gasteiger partial charge < -0.3 is 20.5 Å². The van der Waals surface area contributed by atoms with E-state index < -0.39 is 0 Å². The molecule has 2 rings (SSSR count). The molecule has 1 heterocycles. The first kappa shape index (κ1) is 12.9. The van der Waals surface area contributed by atoms with Crippen LogP contribution in [0.5, 0.6) is 0 Å². The number of imidazole rings is 1. The second-order valence-corrected chi connectivity index (χ2v) is 4.80. The molecular weight excluding hydrogens is 230 g/mol. The molecule has 2 aromatic rings. The summed E-state index contributed by atoms with van der Waals surface area (Å²) in [5.74, 6) is 0.804. The van der Waals surface area contributed by atoms with E-state index in [2.05, 4.69) is 4.98 Å². The van der Waals surface area contributed by atoms with Gasteiger partial charge in [0.2, 0.25) is 0 Å². The number of nitrogen functional groups attached to an aromatic ring is 1. The molecule has 0 unspecified atom stereocenters. The van der Waals surface area contributed by atoms with E-state index in [0.29, 0.717) is 11.5 Å². The molecule has 0 spiro atoms. The van der Waals surface area contributed by atoms with Gasteiger partial charge in [-0.25, -0.2) is 4.98 Å². The van der Waals surface area contributed by atoms with Crippen LogP contribution in [0.2, 0.25) is 0 Å². The second kappa shape index (κ2) is 4.96. The fourth-order valence-electron chi connectivity index (χ4n) is 2.24. The van der Waals surface area contributed by atoms with Gasteiger partial charge in [-0.05, 0) is 24.1 Å². The van der Waals surface area contributed by atoms with Crippen LogP contribution in [0.25, 0.3) is 11.0 Å². The van der Waals surface area contributed by atoms with Gasteiger partial charge in [0.1, 0.15) is 12.4 Å². The summed E-state index contributed by atoms with van der Waals surface area (Å²) in [6, 6.07) is 5.36. The van der Waals surface area contributed by atoms with Crippen LogP contribution in [0.1, 0.15) is 25.7 Å². The van der Waals surface area contributed by atoms with E-state index in [-0.39, 0.29) is 25.2 Å². The Morgan fingerprint density at radius 3 is 2.61 bits per heavy atom. The van der Waals surface area contributed by atoms with Crippen molar-refractivity contribution in [3.8, 4) is 0 Å². The van der Waals surface area contributed by atoms with Gasteiger partial charge in [0.05, 0.1) is 23.7 Å². The number of aromatic nitrogens is 2. The van der Waals surface area contributed by atoms with Crippen molar-refractivity contribution in [3.63, 3.8) is 0 Å². The Labute approximate surface area is 106 Å². The molecule has 0 aliphatic heterocycles. The predicted octanol–water partition coefficient (Wildman–Crippen LogP) is 1.30. The molecule has 0 amide bonds. The largest absolute Gasteiger partial charge is 0.399 e. The minimum atomic E-state index is -0.155. The molecule has 0 fully saturated rings. The Balaban J connectivity index is 2.66. The summed E-state index contributed by atoms with van der Waals surface area (Å²) in [5, 5.41) is 19.0. The number of aliphatic hydroxyl groups excluding tert-OH is 2. The highest BCUT2D eigenvalue weighted by molar-refractivity contribution is 5.79. The molecule has 18 heavy (non-hydrogen) atoms. The quantitative estimate of drug-likeness (QED) is 0.713. The number of hydrogen-bond acceptors (Lipinski definition) is 4. The van der Waals surface area contributed by atoms with Crippen molar-refractivity contribution in [2.45, 2.75) is 26.5 Å². The molecule has 0 saturated carbocycles. The number of rotatable bonds is 4. The third-order valence-electron chi connectivity index (χ3n) is 3.22. The van der Waals surface area contributed by atoms with Crippen molar-refractivity contribution < 1.29 is 10.2 Å². The summed E-state index contributed by atoms with van der Waals surface area (Å²) in [5.41, 5.74) is 8.01. The van der Waals surface area contributed by atoms with E-state index >= 15 is 0 Å². The molecule has 0 aliphatic rings. The molecule has 4 N–H and O–H groups in total. The summed E-state index contributed by atoms with van der Waals surface area (Å²) in [4.78, 5) is 4.37. The normalized spacial score (nSPS) is 13.4. The van der Waals surface area contributed by atoms with Crippen LogP contribution in [-0.2, 0) is 6.61 Å². The van der Waals surface area contributed by atoms with Crippen LogP contribution in [0.4, 0.5) is 5.69 Å².